The number of pyridine rings is 1. The minimum absolute atomic E-state index is 0. The van der Waals surface area contributed by atoms with Crippen molar-refractivity contribution < 1.29 is 58.2 Å². The number of hydrogen-bond donors (Lipinski definition) is 1. The molecule has 0 saturated carbocycles. The maximum absolute atomic E-state index is 10.9. The van der Waals surface area contributed by atoms with Crippen LogP contribution in [0.5, 0.6) is 0 Å². The second-order valence-electron chi connectivity index (χ2n) is 4.38. The minimum Gasteiger partial charge on any atom is -0.409 e. The van der Waals surface area contributed by atoms with Crippen LogP contribution in [0.4, 0.5) is 0 Å². The fraction of sp³-hybridized carbons (Fsp3) is 0.500. The maximum atomic E-state index is 10.9. The van der Waals surface area contributed by atoms with Crippen molar-refractivity contribution in [3.8, 4) is 0 Å². The van der Waals surface area contributed by atoms with Gasteiger partial charge in [-0.3, -0.25) is 9.78 Å². The number of aromatic amines is 1. The molecule has 4 nitrogen and oxygen atoms in total. The van der Waals surface area contributed by atoms with Crippen molar-refractivity contribution in [2.24, 2.45) is 0 Å². The molecule has 2 heterocycles. The van der Waals surface area contributed by atoms with Gasteiger partial charge in [-0.25, -0.2) is 0 Å². The van der Waals surface area contributed by atoms with E-state index in [1.54, 1.807) is 6.20 Å². The number of aromatic nitrogens is 3. The monoisotopic (exact) mass is 305 g/mol. The van der Waals surface area contributed by atoms with E-state index in [4.69, 9.17) is 0 Å². The summed E-state index contributed by atoms with van der Waals surface area (Å²) in [4.78, 5) is 21.5. The van der Waals surface area contributed by atoms with Gasteiger partial charge in [0.15, 0.2) is 5.69 Å². The molecule has 0 atom stereocenters. The summed E-state index contributed by atoms with van der Waals surface area (Å²) in [5.41, 5.74) is 1.98. The molecule has 0 unspecified atom stereocenters. The molecule has 1 N–H and O–H groups in total. The number of imidazole rings is 1. The SMILES string of the molecule is CC.CC(C)(C)c1cnc2[nH]c(=O)[n-]c2c1.[Rb+]. The van der Waals surface area contributed by atoms with Crippen molar-refractivity contribution in [1.82, 2.24) is 15.0 Å². The van der Waals surface area contributed by atoms with Gasteiger partial charge >= 0.3 is 58.2 Å². The van der Waals surface area contributed by atoms with Gasteiger partial charge in [-0.1, -0.05) is 40.7 Å². The number of rotatable bonds is 0. The molecule has 0 radical (unpaired) electrons. The Balaban J connectivity index is 0.000000811. The fourth-order valence-electron chi connectivity index (χ4n) is 1.28. The third-order valence-electron chi connectivity index (χ3n) is 2.18. The fourth-order valence-corrected chi connectivity index (χ4v) is 1.28. The van der Waals surface area contributed by atoms with Crippen LogP contribution in [0.15, 0.2) is 17.1 Å². The van der Waals surface area contributed by atoms with Crippen molar-refractivity contribution in [3.05, 3.63) is 28.3 Å². The molecule has 88 valence electrons. The third kappa shape index (κ3) is 4.43. The van der Waals surface area contributed by atoms with Crippen LogP contribution >= 0.6 is 0 Å². The predicted octanol–water partition coefficient (Wildman–Crippen LogP) is -0.792. The van der Waals surface area contributed by atoms with Gasteiger partial charge in [-0.2, -0.15) is 0 Å². The Hall–Kier alpha value is 0.225. The molecule has 0 aliphatic rings. The van der Waals surface area contributed by atoms with Crippen LogP contribution in [-0.4, -0.2) is 9.97 Å². The smallest absolute Gasteiger partial charge is 0.409 e. The van der Waals surface area contributed by atoms with Crippen LogP contribution in [0.1, 0.15) is 40.2 Å². The van der Waals surface area contributed by atoms with Gasteiger partial charge in [0.1, 0.15) is 0 Å². The molecular weight excluding hydrogens is 288 g/mol. The van der Waals surface area contributed by atoms with E-state index >= 15 is 0 Å². The molecule has 2 aromatic heterocycles. The van der Waals surface area contributed by atoms with Crippen molar-refractivity contribution in [1.29, 1.82) is 0 Å². The second-order valence-corrected chi connectivity index (χ2v) is 4.38. The van der Waals surface area contributed by atoms with Gasteiger partial charge in [0.2, 0.25) is 0 Å². The number of fused-ring (bicyclic) bond motifs is 1. The van der Waals surface area contributed by atoms with Crippen molar-refractivity contribution in [2.45, 2.75) is 40.0 Å². The molecule has 0 aliphatic carbocycles. The van der Waals surface area contributed by atoms with Gasteiger partial charge in [0, 0.05) is 6.20 Å². The van der Waals surface area contributed by atoms with E-state index < -0.39 is 0 Å². The Morgan fingerprint density at radius 1 is 1.29 bits per heavy atom. The topological polar surface area (TPSA) is 59.9 Å². The number of nitrogens with zero attached hydrogens (tertiary/aromatic N) is 2. The Bertz CT molecular complexity index is 522. The Labute approximate surface area is 150 Å². The van der Waals surface area contributed by atoms with Crippen LogP contribution in [-0.2, 0) is 5.41 Å². The third-order valence-corrected chi connectivity index (χ3v) is 2.18. The quantitative estimate of drug-likeness (QED) is 0.694. The summed E-state index contributed by atoms with van der Waals surface area (Å²) in [6.45, 7) is 10.3. The number of hydrogen-bond acceptors (Lipinski definition) is 2. The van der Waals surface area contributed by atoms with E-state index in [9.17, 15) is 4.79 Å². The maximum Gasteiger partial charge on any atom is 1.00 e. The number of nitrogens with one attached hydrogen (secondary N) is 1. The Kier molecular flexibility index (Phi) is 7.06. The molecule has 0 bridgehead atoms. The minimum atomic E-state index is -0.335. The van der Waals surface area contributed by atoms with E-state index in [2.05, 4.69) is 35.7 Å². The number of H-pyrrole nitrogens is 1. The van der Waals surface area contributed by atoms with Gasteiger partial charge in [0.25, 0.3) is 0 Å². The second kappa shape index (κ2) is 6.97. The summed E-state index contributed by atoms with van der Waals surface area (Å²) in [6.07, 6.45) is 1.78. The van der Waals surface area contributed by atoms with Crippen molar-refractivity contribution in [2.75, 3.05) is 0 Å². The molecule has 2 rings (SSSR count). The molecule has 0 aromatic carbocycles. The van der Waals surface area contributed by atoms with E-state index in [0.717, 1.165) is 5.56 Å². The first-order valence-corrected chi connectivity index (χ1v) is 5.50. The average molecular weight is 306 g/mol. The van der Waals surface area contributed by atoms with Gasteiger partial charge in [-0.15, -0.1) is 0 Å². The van der Waals surface area contributed by atoms with Gasteiger partial charge < -0.3 is 9.97 Å². The summed E-state index contributed by atoms with van der Waals surface area (Å²) < 4.78 is 0. The molecule has 17 heavy (non-hydrogen) atoms. The zero-order valence-electron chi connectivity index (χ0n) is 11.5. The average Bonchev–Trinajstić information content (AvgIpc) is 2.58. The summed E-state index contributed by atoms with van der Waals surface area (Å²) in [7, 11) is 0. The zero-order valence-corrected chi connectivity index (χ0v) is 16.4. The molecular formula is C12H18N3ORb. The van der Waals surface area contributed by atoms with Crippen LogP contribution in [0.3, 0.4) is 0 Å². The van der Waals surface area contributed by atoms with Crippen LogP contribution in [0, 0.1) is 0 Å². The van der Waals surface area contributed by atoms with Gasteiger partial charge in [-0.05, 0) is 16.5 Å². The van der Waals surface area contributed by atoms with E-state index in [0.29, 0.717) is 11.2 Å². The summed E-state index contributed by atoms with van der Waals surface area (Å²) in [5, 5.41) is 0. The standard InChI is InChI=1S/C10H13N3O.C2H6.Rb/c1-10(2,3)6-4-7-8(11-5-6)13-9(14)12-7;1-2;/h4-5H,1-3H3,(H2,11,12,13,14);1-2H3;/q;;+1/p-1. The largest absolute Gasteiger partial charge is 1.00 e. The molecule has 0 spiro atoms. The van der Waals surface area contributed by atoms with Gasteiger partial charge in [0.05, 0.1) is 5.65 Å². The zero-order chi connectivity index (χ0) is 12.3. The molecule has 5 heteroatoms. The van der Waals surface area contributed by atoms with E-state index in [1.165, 1.54) is 0 Å². The van der Waals surface area contributed by atoms with Crippen molar-refractivity contribution >= 4 is 11.2 Å². The van der Waals surface area contributed by atoms with Crippen LogP contribution in [0.25, 0.3) is 11.2 Å². The van der Waals surface area contributed by atoms with Crippen LogP contribution < -0.4 is 68.9 Å². The first-order chi connectivity index (χ1) is 7.47. The molecule has 0 aliphatic heterocycles. The van der Waals surface area contributed by atoms with Crippen LogP contribution in [0.2, 0.25) is 0 Å². The Morgan fingerprint density at radius 3 is 2.41 bits per heavy atom. The normalized spacial score (nSPS) is 10.4. The summed E-state index contributed by atoms with van der Waals surface area (Å²) in [5.74, 6) is 0. The first kappa shape index (κ1) is 17.2. The van der Waals surface area contributed by atoms with E-state index in [-0.39, 0.29) is 69.3 Å². The molecule has 0 fully saturated rings. The van der Waals surface area contributed by atoms with Crippen molar-refractivity contribution in [3.63, 3.8) is 0 Å². The molecule has 0 saturated heterocycles. The molecule has 2 aromatic rings. The summed E-state index contributed by atoms with van der Waals surface area (Å²) >= 11 is 0. The summed E-state index contributed by atoms with van der Waals surface area (Å²) in [6, 6.07) is 1.90. The molecule has 0 amide bonds. The first-order valence-electron chi connectivity index (χ1n) is 5.50. The predicted molar refractivity (Wildman–Crippen MR) is 65.7 cm³/mol. The van der Waals surface area contributed by atoms with E-state index in [1.807, 2.05) is 19.9 Å². The Morgan fingerprint density at radius 2 is 1.88 bits per heavy atom.